The molecule has 1 aromatic heterocycles. The van der Waals surface area contributed by atoms with Crippen molar-refractivity contribution in [1.82, 2.24) is 0 Å². The molecule has 0 amide bonds. The van der Waals surface area contributed by atoms with Gasteiger partial charge in [0.15, 0.2) is 5.88 Å². The van der Waals surface area contributed by atoms with Gasteiger partial charge in [-0.3, -0.25) is 0 Å². The highest BCUT2D eigenvalue weighted by Gasteiger charge is 2.12. The predicted octanol–water partition coefficient (Wildman–Crippen LogP) is 3.45. The zero-order chi connectivity index (χ0) is 10.3. The normalized spacial score (nSPS) is 11.4. The first-order valence-corrected chi connectivity index (χ1v) is 4.88. The van der Waals surface area contributed by atoms with Crippen LogP contribution in [0, 0.1) is 6.92 Å². The van der Waals surface area contributed by atoms with Crippen LogP contribution in [0.1, 0.15) is 30.9 Å². The van der Waals surface area contributed by atoms with Crippen molar-refractivity contribution in [2.24, 2.45) is 0 Å². The molecule has 0 aliphatic heterocycles. The molecule has 0 radical (unpaired) electrons. The highest BCUT2D eigenvalue weighted by molar-refractivity contribution is 5.87. The molecule has 0 unspecified atom stereocenters. The fraction of sp³-hybridized carbons (Fsp3) is 0.333. The van der Waals surface area contributed by atoms with Crippen molar-refractivity contribution in [2.75, 3.05) is 5.73 Å². The molecule has 2 nitrogen and oxygen atoms in total. The molecule has 0 atom stereocenters. The molecular weight excluding hydrogens is 174 g/mol. The molecule has 0 spiro atoms. The third kappa shape index (κ3) is 1.18. The second-order valence-corrected chi connectivity index (χ2v) is 3.97. The second kappa shape index (κ2) is 3.05. The molecular formula is C12H15NO. The molecule has 74 valence electrons. The highest BCUT2D eigenvalue weighted by Crippen LogP contribution is 2.32. The number of para-hydroxylation sites is 1. The van der Waals surface area contributed by atoms with Crippen LogP contribution in [0.25, 0.3) is 11.0 Å². The Labute approximate surface area is 83.7 Å². The minimum atomic E-state index is 0.462. The Kier molecular flexibility index (Phi) is 1.99. The molecule has 2 aromatic rings. The lowest BCUT2D eigenvalue weighted by Gasteiger charge is -2.04. The predicted molar refractivity (Wildman–Crippen MR) is 59.5 cm³/mol. The summed E-state index contributed by atoms with van der Waals surface area (Å²) in [6.45, 7) is 6.30. The van der Waals surface area contributed by atoms with Crippen LogP contribution in [-0.2, 0) is 0 Å². The van der Waals surface area contributed by atoms with Crippen molar-refractivity contribution in [3.05, 3.63) is 29.3 Å². The van der Waals surface area contributed by atoms with Gasteiger partial charge in [0.05, 0.1) is 0 Å². The van der Waals surface area contributed by atoms with Crippen LogP contribution in [-0.4, -0.2) is 0 Å². The summed E-state index contributed by atoms with van der Waals surface area (Å²) < 4.78 is 5.57. The van der Waals surface area contributed by atoms with E-state index in [1.807, 2.05) is 6.92 Å². The summed E-state index contributed by atoms with van der Waals surface area (Å²) in [7, 11) is 0. The number of fused-ring (bicyclic) bond motifs is 1. The Morgan fingerprint density at radius 3 is 2.64 bits per heavy atom. The average molecular weight is 189 g/mol. The van der Waals surface area contributed by atoms with Crippen molar-refractivity contribution in [3.8, 4) is 0 Å². The van der Waals surface area contributed by atoms with E-state index < -0.39 is 0 Å². The first kappa shape index (κ1) is 9.13. The quantitative estimate of drug-likeness (QED) is 0.746. The van der Waals surface area contributed by atoms with Crippen LogP contribution >= 0.6 is 0 Å². The highest BCUT2D eigenvalue weighted by atomic mass is 16.3. The van der Waals surface area contributed by atoms with Gasteiger partial charge in [0.2, 0.25) is 0 Å². The Hall–Kier alpha value is -1.44. The van der Waals surface area contributed by atoms with Crippen molar-refractivity contribution in [3.63, 3.8) is 0 Å². The summed E-state index contributed by atoms with van der Waals surface area (Å²) in [5.41, 5.74) is 8.97. The van der Waals surface area contributed by atoms with Gasteiger partial charge in [-0.2, -0.15) is 0 Å². The Balaban J connectivity index is 2.81. The molecule has 2 N–H and O–H groups in total. The molecule has 1 aromatic carbocycles. The maximum atomic E-state index is 5.75. The van der Waals surface area contributed by atoms with Crippen LogP contribution < -0.4 is 5.73 Å². The van der Waals surface area contributed by atoms with E-state index in [-0.39, 0.29) is 0 Å². The van der Waals surface area contributed by atoms with Gasteiger partial charge >= 0.3 is 0 Å². The van der Waals surface area contributed by atoms with Gasteiger partial charge in [-0.1, -0.05) is 32.0 Å². The van der Waals surface area contributed by atoms with E-state index in [4.69, 9.17) is 10.2 Å². The topological polar surface area (TPSA) is 39.2 Å². The van der Waals surface area contributed by atoms with Crippen LogP contribution in [0.15, 0.2) is 22.6 Å². The van der Waals surface area contributed by atoms with Gasteiger partial charge in [0, 0.05) is 10.9 Å². The first-order chi connectivity index (χ1) is 6.61. The standard InChI is InChI=1S/C12H15NO/c1-7(2)9-5-4-6-10-8(3)12(13)14-11(9)10/h4-7H,13H2,1-3H3. The lowest BCUT2D eigenvalue weighted by atomic mass is 10.0. The number of nitrogens with two attached hydrogens (primary N) is 1. The van der Waals surface area contributed by atoms with Crippen molar-refractivity contribution >= 4 is 16.9 Å². The number of hydrogen-bond acceptors (Lipinski definition) is 2. The van der Waals surface area contributed by atoms with Gasteiger partial charge in [0.25, 0.3) is 0 Å². The number of benzene rings is 1. The van der Waals surface area contributed by atoms with E-state index in [0.717, 1.165) is 16.5 Å². The maximum Gasteiger partial charge on any atom is 0.194 e. The zero-order valence-corrected chi connectivity index (χ0v) is 8.79. The summed E-state index contributed by atoms with van der Waals surface area (Å²) in [5.74, 6) is 0.997. The third-order valence-corrected chi connectivity index (χ3v) is 2.65. The van der Waals surface area contributed by atoms with Crippen LogP contribution in [0.5, 0.6) is 0 Å². The first-order valence-electron chi connectivity index (χ1n) is 4.88. The molecule has 0 bridgehead atoms. The summed E-state index contributed by atoms with van der Waals surface area (Å²) in [6, 6.07) is 6.20. The SMILES string of the molecule is Cc1c(N)oc2c(C(C)C)cccc12. The molecule has 1 heterocycles. The van der Waals surface area contributed by atoms with Crippen LogP contribution in [0.4, 0.5) is 5.88 Å². The van der Waals surface area contributed by atoms with Crippen LogP contribution in [0.2, 0.25) is 0 Å². The van der Waals surface area contributed by atoms with E-state index in [2.05, 4.69) is 32.0 Å². The minimum Gasteiger partial charge on any atom is -0.440 e. The number of anilines is 1. The van der Waals surface area contributed by atoms with E-state index in [1.165, 1.54) is 5.56 Å². The fourth-order valence-corrected chi connectivity index (χ4v) is 1.74. The molecule has 0 saturated heterocycles. The van der Waals surface area contributed by atoms with Crippen LogP contribution in [0.3, 0.4) is 0 Å². The number of aryl methyl sites for hydroxylation is 1. The van der Waals surface area contributed by atoms with Crippen molar-refractivity contribution in [1.29, 1.82) is 0 Å². The van der Waals surface area contributed by atoms with Crippen molar-refractivity contribution < 1.29 is 4.42 Å². The molecule has 0 saturated carbocycles. The van der Waals surface area contributed by atoms with Gasteiger partial charge in [-0.25, -0.2) is 0 Å². The molecule has 0 fully saturated rings. The zero-order valence-electron chi connectivity index (χ0n) is 8.79. The lowest BCUT2D eigenvalue weighted by molar-refractivity contribution is 0.625. The maximum absolute atomic E-state index is 5.75. The number of furan rings is 1. The average Bonchev–Trinajstić information content (AvgIpc) is 2.43. The summed E-state index contributed by atoms with van der Waals surface area (Å²) in [4.78, 5) is 0. The third-order valence-electron chi connectivity index (χ3n) is 2.65. The molecule has 0 aliphatic rings. The largest absolute Gasteiger partial charge is 0.440 e. The van der Waals surface area contributed by atoms with E-state index >= 15 is 0 Å². The molecule has 2 heteroatoms. The lowest BCUT2D eigenvalue weighted by Crippen LogP contribution is -1.86. The van der Waals surface area contributed by atoms with E-state index in [0.29, 0.717) is 11.8 Å². The van der Waals surface area contributed by atoms with Gasteiger partial charge in [-0.05, 0) is 18.4 Å². The van der Waals surface area contributed by atoms with Gasteiger partial charge < -0.3 is 10.2 Å². The number of rotatable bonds is 1. The Morgan fingerprint density at radius 1 is 1.29 bits per heavy atom. The van der Waals surface area contributed by atoms with Gasteiger partial charge in [0.1, 0.15) is 5.58 Å². The van der Waals surface area contributed by atoms with E-state index in [9.17, 15) is 0 Å². The molecule has 14 heavy (non-hydrogen) atoms. The van der Waals surface area contributed by atoms with E-state index in [1.54, 1.807) is 0 Å². The second-order valence-electron chi connectivity index (χ2n) is 3.97. The van der Waals surface area contributed by atoms with Crippen molar-refractivity contribution in [2.45, 2.75) is 26.7 Å². The number of nitrogen functional groups attached to an aromatic ring is 1. The summed E-state index contributed by atoms with van der Waals surface area (Å²) in [6.07, 6.45) is 0. The molecule has 2 rings (SSSR count). The Morgan fingerprint density at radius 2 is 2.00 bits per heavy atom. The van der Waals surface area contributed by atoms with Gasteiger partial charge in [-0.15, -0.1) is 0 Å². The monoisotopic (exact) mass is 189 g/mol. The Bertz CT molecular complexity index is 468. The molecule has 0 aliphatic carbocycles. The fourth-order valence-electron chi connectivity index (χ4n) is 1.74. The number of hydrogen-bond donors (Lipinski definition) is 1. The smallest absolute Gasteiger partial charge is 0.194 e. The summed E-state index contributed by atoms with van der Waals surface area (Å²) in [5, 5.41) is 1.13. The minimum absolute atomic E-state index is 0.462. The summed E-state index contributed by atoms with van der Waals surface area (Å²) >= 11 is 0.